The van der Waals surface area contributed by atoms with Crippen LogP contribution in [-0.4, -0.2) is 49.1 Å². The van der Waals surface area contributed by atoms with Gasteiger partial charge in [0.05, 0.1) is 0 Å². The van der Waals surface area contributed by atoms with Crippen molar-refractivity contribution in [2.24, 2.45) is 0 Å². The fourth-order valence-corrected chi connectivity index (χ4v) is 2.50. The van der Waals surface area contributed by atoms with Crippen LogP contribution >= 0.6 is 11.8 Å². The highest BCUT2D eigenvalue weighted by molar-refractivity contribution is 7.98. The molecule has 1 fully saturated rings. The van der Waals surface area contributed by atoms with Gasteiger partial charge in [0.1, 0.15) is 0 Å². The van der Waals surface area contributed by atoms with Crippen molar-refractivity contribution < 1.29 is 0 Å². The smallest absolute Gasteiger partial charge is 0.00912 e. The number of hydrogen-bond donors (Lipinski definition) is 1. The van der Waals surface area contributed by atoms with E-state index < -0.39 is 0 Å². The van der Waals surface area contributed by atoms with Gasteiger partial charge in [-0.05, 0) is 57.5 Å². The number of hydrogen-bond acceptors (Lipinski definition) is 3. The van der Waals surface area contributed by atoms with Gasteiger partial charge in [0.2, 0.25) is 0 Å². The minimum Gasteiger partial charge on any atom is -0.314 e. The first-order chi connectivity index (χ1) is 6.86. The van der Waals surface area contributed by atoms with E-state index in [0.717, 1.165) is 12.6 Å². The zero-order valence-corrected chi connectivity index (χ0v) is 10.4. The second kappa shape index (κ2) is 7.55. The zero-order chi connectivity index (χ0) is 10.2. The number of nitrogens with zero attached hydrogens (tertiary/aromatic N) is 1. The summed E-state index contributed by atoms with van der Waals surface area (Å²) in [6, 6.07) is 0.789. The summed E-state index contributed by atoms with van der Waals surface area (Å²) in [7, 11) is 0. The van der Waals surface area contributed by atoms with Crippen LogP contribution in [0.3, 0.4) is 0 Å². The molecule has 0 aromatic heterocycles. The van der Waals surface area contributed by atoms with Crippen molar-refractivity contribution >= 4 is 11.8 Å². The Morgan fingerprint density at radius 1 is 1.36 bits per heavy atom. The maximum atomic E-state index is 3.54. The molecule has 2 nitrogen and oxygen atoms in total. The number of thioether (sulfide) groups is 1. The Morgan fingerprint density at radius 2 is 2.07 bits per heavy atom. The average Bonchev–Trinajstić information content (AvgIpc) is 2.21. The van der Waals surface area contributed by atoms with E-state index in [-0.39, 0.29) is 0 Å². The molecule has 1 saturated heterocycles. The molecule has 0 atom stereocenters. The lowest BCUT2D eigenvalue weighted by atomic mass is 10.1. The van der Waals surface area contributed by atoms with Gasteiger partial charge >= 0.3 is 0 Å². The number of rotatable bonds is 6. The van der Waals surface area contributed by atoms with Crippen molar-refractivity contribution in [3.63, 3.8) is 0 Å². The lowest BCUT2D eigenvalue weighted by Gasteiger charge is -2.32. The molecule has 1 aliphatic heterocycles. The lowest BCUT2D eigenvalue weighted by molar-refractivity contribution is 0.200. The third kappa shape index (κ3) is 4.67. The molecule has 0 aromatic carbocycles. The SMILES string of the molecule is CCNC1CCN(CCCSC)CC1. The molecule has 0 amide bonds. The van der Waals surface area contributed by atoms with E-state index in [1.807, 2.05) is 11.8 Å². The quantitative estimate of drug-likeness (QED) is 0.682. The predicted molar refractivity (Wildman–Crippen MR) is 66.1 cm³/mol. The number of likely N-dealkylation sites (tertiary alicyclic amines) is 1. The largest absolute Gasteiger partial charge is 0.314 e. The van der Waals surface area contributed by atoms with Gasteiger partial charge < -0.3 is 10.2 Å². The third-order valence-electron chi connectivity index (χ3n) is 2.90. The summed E-state index contributed by atoms with van der Waals surface area (Å²) in [5, 5.41) is 3.54. The molecule has 0 bridgehead atoms. The van der Waals surface area contributed by atoms with Gasteiger partial charge in [0.25, 0.3) is 0 Å². The van der Waals surface area contributed by atoms with Crippen LogP contribution in [0.1, 0.15) is 26.2 Å². The maximum Gasteiger partial charge on any atom is 0.00912 e. The van der Waals surface area contributed by atoms with Gasteiger partial charge in [-0.15, -0.1) is 0 Å². The molecule has 1 rings (SSSR count). The molecule has 1 aliphatic rings. The fourth-order valence-electron chi connectivity index (χ4n) is 2.08. The van der Waals surface area contributed by atoms with E-state index in [0.29, 0.717) is 0 Å². The van der Waals surface area contributed by atoms with Crippen molar-refractivity contribution in [2.45, 2.75) is 32.2 Å². The highest BCUT2D eigenvalue weighted by Crippen LogP contribution is 2.10. The Labute approximate surface area is 92.8 Å². The Morgan fingerprint density at radius 3 is 2.64 bits per heavy atom. The van der Waals surface area contributed by atoms with Crippen LogP contribution in [0, 0.1) is 0 Å². The average molecular weight is 216 g/mol. The fraction of sp³-hybridized carbons (Fsp3) is 1.00. The molecule has 0 radical (unpaired) electrons. The molecule has 1 heterocycles. The molecule has 1 N–H and O–H groups in total. The normalized spacial score (nSPS) is 20.1. The summed E-state index contributed by atoms with van der Waals surface area (Å²) < 4.78 is 0. The Bertz CT molecular complexity index is 133. The van der Waals surface area contributed by atoms with Gasteiger partial charge in [-0.3, -0.25) is 0 Å². The minimum atomic E-state index is 0.789. The monoisotopic (exact) mass is 216 g/mol. The standard InChI is InChI=1S/C11H24N2S/c1-3-12-11-5-8-13(9-6-11)7-4-10-14-2/h11-12H,3-10H2,1-2H3. The van der Waals surface area contributed by atoms with E-state index in [9.17, 15) is 0 Å². The van der Waals surface area contributed by atoms with Crippen LogP contribution in [0.2, 0.25) is 0 Å². The molecule has 3 heteroatoms. The van der Waals surface area contributed by atoms with E-state index in [1.165, 1.54) is 44.6 Å². The first-order valence-electron chi connectivity index (χ1n) is 5.81. The van der Waals surface area contributed by atoms with Crippen molar-refractivity contribution in [3.8, 4) is 0 Å². The molecule has 0 spiro atoms. The molecule has 0 aromatic rings. The van der Waals surface area contributed by atoms with Crippen LogP contribution in [0.25, 0.3) is 0 Å². The van der Waals surface area contributed by atoms with E-state index in [2.05, 4.69) is 23.4 Å². The summed E-state index contributed by atoms with van der Waals surface area (Å²) in [5.74, 6) is 1.31. The first kappa shape index (κ1) is 12.3. The molecule has 0 unspecified atom stereocenters. The summed E-state index contributed by atoms with van der Waals surface area (Å²) >= 11 is 1.96. The van der Waals surface area contributed by atoms with Crippen LogP contribution in [0.15, 0.2) is 0 Å². The molecule has 84 valence electrons. The van der Waals surface area contributed by atoms with Gasteiger partial charge in [-0.25, -0.2) is 0 Å². The van der Waals surface area contributed by atoms with Gasteiger partial charge in [-0.1, -0.05) is 6.92 Å². The third-order valence-corrected chi connectivity index (χ3v) is 3.60. The summed E-state index contributed by atoms with van der Waals surface area (Å²) in [6.07, 6.45) is 6.23. The molecule has 0 aliphatic carbocycles. The minimum absolute atomic E-state index is 0.789. The van der Waals surface area contributed by atoms with E-state index in [4.69, 9.17) is 0 Å². The second-order valence-corrected chi connectivity index (χ2v) is 5.01. The summed E-state index contributed by atoms with van der Waals surface area (Å²) in [6.45, 7) is 7.22. The van der Waals surface area contributed by atoms with Crippen molar-refractivity contribution in [1.82, 2.24) is 10.2 Å². The van der Waals surface area contributed by atoms with Gasteiger partial charge in [-0.2, -0.15) is 11.8 Å². The van der Waals surface area contributed by atoms with Gasteiger partial charge in [0.15, 0.2) is 0 Å². The van der Waals surface area contributed by atoms with Crippen LogP contribution in [0.5, 0.6) is 0 Å². The Hall–Kier alpha value is 0.270. The highest BCUT2D eigenvalue weighted by atomic mass is 32.2. The summed E-state index contributed by atoms with van der Waals surface area (Å²) in [5.41, 5.74) is 0. The van der Waals surface area contributed by atoms with E-state index in [1.54, 1.807) is 0 Å². The highest BCUT2D eigenvalue weighted by Gasteiger charge is 2.17. The van der Waals surface area contributed by atoms with E-state index >= 15 is 0 Å². The summed E-state index contributed by atoms with van der Waals surface area (Å²) in [4.78, 5) is 2.62. The van der Waals surface area contributed by atoms with Crippen molar-refractivity contribution in [1.29, 1.82) is 0 Å². The van der Waals surface area contributed by atoms with Gasteiger partial charge in [0, 0.05) is 6.04 Å². The van der Waals surface area contributed by atoms with Crippen LogP contribution in [-0.2, 0) is 0 Å². The molecule has 14 heavy (non-hydrogen) atoms. The van der Waals surface area contributed by atoms with Crippen molar-refractivity contribution in [3.05, 3.63) is 0 Å². The second-order valence-electron chi connectivity index (χ2n) is 4.02. The van der Waals surface area contributed by atoms with Crippen LogP contribution < -0.4 is 5.32 Å². The molecular weight excluding hydrogens is 192 g/mol. The Balaban J connectivity index is 2.03. The topological polar surface area (TPSA) is 15.3 Å². The predicted octanol–water partition coefficient (Wildman–Crippen LogP) is 1.81. The molecule has 0 saturated carbocycles. The lowest BCUT2D eigenvalue weighted by Crippen LogP contribution is -2.42. The molecular formula is C11H24N2S. The number of piperidine rings is 1. The Kier molecular flexibility index (Phi) is 6.65. The maximum absolute atomic E-state index is 3.54. The van der Waals surface area contributed by atoms with Crippen LogP contribution in [0.4, 0.5) is 0 Å². The first-order valence-corrected chi connectivity index (χ1v) is 7.21. The van der Waals surface area contributed by atoms with Crippen molar-refractivity contribution in [2.75, 3.05) is 38.2 Å². The number of nitrogens with one attached hydrogen (secondary N) is 1. The zero-order valence-electron chi connectivity index (χ0n) is 9.59.